The van der Waals surface area contributed by atoms with Crippen molar-refractivity contribution in [1.82, 2.24) is 9.97 Å². The maximum Gasteiger partial charge on any atom is 0.327 e. The maximum atomic E-state index is 12.1. The van der Waals surface area contributed by atoms with E-state index in [-0.39, 0.29) is 12.4 Å². The van der Waals surface area contributed by atoms with Crippen molar-refractivity contribution in [3.63, 3.8) is 0 Å². The lowest BCUT2D eigenvalue weighted by molar-refractivity contribution is -0.144. The maximum absolute atomic E-state index is 12.1. The molecule has 2 aromatic heterocycles. The van der Waals surface area contributed by atoms with Crippen molar-refractivity contribution in [2.45, 2.75) is 50.3 Å². The molecule has 24 heavy (non-hydrogen) atoms. The second kappa shape index (κ2) is 7.19. The number of esters is 1. The largest absolute Gasteiger partial charge is 0.465 e. The van der Waals surface area contributed by atoms with E-state index in [9.17, 15) is 9.59 Å². The van der Waals surface area contributed by atoms with Gasteiger partial charge >= 0.3 is 5.97 Å². The molecule has 0 radical (unpaired) electrons. The number of ketones is 1. The number of fused-ring (bicyclic) bond motifs is 3. The van der Waals surface area contributed by atoms with Gasteiger partial charge in [-0.25, -0.2) is 9.97 Å². The summed E-state index contributed by atoms with van der Waals surface area (Å²) in [7, 11) is 0. The quantitative estimate of drug-likeness (QED) is 0.350. The third-order valence-corrected chi connectivity index (χ3v) is 6.61. The Balaban J connectivity index is 2.00. The van der Waals surface area contributed by atoms with Crippen LogP contribution in [0, 0.1) is 5.92 Å². The molecule has 1 aliphatic rings. The molecule has 3 rings (SSSR count). The minimum absolute atomic E-state index is 0.220. The van der Waals surface area contributed by atoms with Crippen molar-refractivity contribution in [3.05, 3.63) is 16.8 Å². The first-order valence-corrected chi connectivity index (χ1v) is 9.79. The molecule has 1 aliphatic carbocycles. The van der Waals surface area contributed by atoms with Gasteiger partial charge < -0.3 is 4.74 Å². The minimum atomic E-state index is -0.874. The molecule has 0 saturated carbocycles. The molecule has 0 N–H and O–H groups in total. The van der Waals surface area contributed by atoms with Gasteiger partial charge in [0.2, 0.25) is 0 Å². The van der Waals surface area contributed by atoms with Crippen molar-refractivity contribution in [2.75, 3.05) is 6.61 Å². The molecule has 5 nitrogen and oxygen atoms in total. The van der Waals surface area contributed by atoms with Crippen LogP contribution in [0.3, 0.4) is 0 Å². The number of aryl methyl sites for hydroxylation is 1. The number of carbonyl (C=O) groups is 2. The third kappa shape index (κ3) is 3.32. The van der Waals surface area contributed by atoms with Gasteiger partial charge in [-0.15, -0.1) is 11.3 Å². The van der Waals surface area contributed by atoms with E-state index in [2.05, 4.69) is 16.9 Å². The normalized spacial score (nSPS) is 18.2. The van der Waals surface area contributed by atoms with Crippen molar-refractivity contribution in [2.24, 2.45) is 5.92 Å². The highest BCUT2D eigenvalue weighted by Crippen LogP contribution is 2.41. The number of hydrogen-bond acceptors (Lipinski definition) is 7. The highest BCUT2D eigenvalue weighted by atomic mass is 32.2. The molecule has 0 saturated heterocycles. The lowest BCUT2D eigenvalue weighted by Gasteiger charge is -2.18. The van der Waals surface area contributed by atoms with E-state index in [1.165, 1.54) is 35.5 Å². The summed E-state index contributed by atoms with van der Waals surface area (Å²) in [6.45, 7) is 5.67. The van der Waals surface area contributed by atoms with Gasteiger partial charge in [-0.1, -0.05) is 18.7 Å². The molecule has 2 heterocycles. The van der Waals surface area contributed by atoms with Crippen LogP contribution in [0.15, 0.2) is 11.4 Å². The number of nitrogens with zero attached hydrogens (tertiary/aromatic N) is 2. The molecular weight excluding hydrogens is 344 g/mol. The number of hydrogen-bond donors (Lipinski definition) is 0. The van der Waals surface area contributed by atoms with E-state index >= 15 is 0 Å². The monoisotopic (exact) mass is 364 g/mol. The summed E-state index contributed by atoms with van der Waals surface area (Å²) >= 11 is 2.89. The molecular formula is C17H20N2O3S2. The summed E-state index contributed by atoms with van der Waals surface area (Å²) in [5.74, 6) is -0.0402. The van der Waals surface area contributed by atoms with Crippen LogP contribution in [-0.2, 0) is 27.2 Å². The average molecular weight is 364 g/mol. The fraction of sp³-hybridized carbons (Fsp3) is 0.529. The van der Waals surface area contributed by atoms with Crippen molar-refractivity contribution >= 4 is 45.1 Å². The second-order valence-corrected chi connectivity index (χ2v) is 8.25. The van der Waals surface area contributed by atoms with Crippen LogP contribution in [0.1, 0.15) is 37.6 Å². The molecule has 0 unspecified atom stereocenters. The van der Waals surface area contributed by atoms with E-state index < -0.39 is 11.2 Å². The van der Waals surface area contributed by atoms with Crippen LogP contribution in [0.5, 0.6) is 0 Å². The van der Waals surface area contributed by atoms with Gasteiger partial charge in [-0.3, -0.25) is 9.59 Å². The van der Waals surface area contributed by atoms with Crippen LogP contribution in [0.4, 0.5) is 0 Å². The molecule has 0 aromatic carbocycles. The van der Waals surface area contributed by atoms with Gasteiger partial charge in [-0.05, 0) is 44.6 Å². The lowest BCUT2D eigenvalue weighted by atomic mass is 9.89. The van der Waals surface area contributed by atoms with Crippen LogP contribution in [0.25, 0.3) is 10.2 Å². The molecule has 0 amide bonds. The zero-order valence-corrected chi connectivity index (χ0v) is 15.6. The molecule has 0 spiro atoms. The van der Waals surface area contributed by atoms with Crippen LogP contribution >= 0.6 is 23.1 Å². The SMILES string of the molecule is CCOC(=O)[C@H](Sc1ncnc2sc3c(c12)CC[C@H](C)C3)C(C)=O. The Labute approximate surface area is 149 Å². The smallest absolute Gasteiger partial charge is 0.327 e. The third-order valence-electron chi connectivity index (χ3n) is 4.16. The number of Topliss-reactive ketones (excluding diaryl/α,β-unsaturated/α-hetero) is 1. The van der Waals surface area contributed by atoms with Gasteiger partial charge in [0.15, 0.2) is 11.0 Å². The van der Waals surface area contributed by atoms with Crippen LogP contribution in [-0.4, -0.2) is 33.6 Å². The van der Waals surface area contributed by atoms with Crippen molar-refractivity contribution in [1.29, 1.82) is 0 Å². The number of ether oxygens (including phenoxy) is 1. The Morgan fingerprint density at radius 3 is 2.96 bits per heavy atom. The first-order chi connectivity index (χ1) is 11.5. The number of thiophene rings is 1. The van der Waals surface area contributed by atoms with E-state index in [0.717, 1.165) is 29.5 Å². The fourth-order valence-corrected chi connectivity index (χ4v) is 5.38. The van der Waals surface area contributed by atoms with Crippen LogP contribution in [0.2, 0.25) is 0 Å². The van der Waals surface area contributed by atoms with Crippen molar-refractivity contribution in [3.8, 4) is 0 Å². The highest BCUT2D eigenvalue weighted by Gasteiger charge is 2.29. The number of rotatable bonds is 5. The van der Waals surface area contributed by atoms with Gasteiger partial charge in [-0.2, -0.15) is 0 Å². The van der Waals surface area contributed by atoms with E-state index in [1.807, 2.05) is 0 Å². The molecule has 2 aromatic rings. The highest BCUT2D eigenvalue weighted by molar-refractivity contribution is 8.01. The summed E-state index contributed by atoms with van der Waals surface area (Å²) in [5.41, 5.74) is 1.29. The van der Waals surface area contributed by atoms with Gasteiger partial charge in [0.1, 0.15) is 16.2 Å². The molecule has 0 aliphatic heterocycles. The average Bonchev–Trinajstić information content (AvgIpc) is 2.90. The van der Waals surface area contributed by atoms with E-state index in [1.54, 1.807) is 18.3 Å². The number of carbonyl (C=O) groups excluding carboxylic acids is 2. The zero-order chi connectivity index (χ0) is 17.3. The molecule has 7 heteroatoms. The van der Waals surface area contributed by atoms with E-state index in [0.29, 0.717) is 10.9 Å². The second-order valence-electron chi connectivity index (χ2n) is 6.07. The Morgan fingerprint density at radius 1 is 1.46 bits per heavy atom. The van der Waals surface area contributed by atoms with Gasteiger partial charge in [0, 0.05) is 10.3 Å². The summed E-state index contributed by atoms with van der Waals surface area (Å²) in [5, 5.41) is 0.853. The topological polar surface area (TPSA) is 69.2 Å². The van der Waals surface area contributed by atoms with Crippen LogP contribution < -0.4 is 0 Å². The zero-order valence-electron chi connectivity index (χ0n) is 14.0. The van der Waals surface area contributed by atoms with E-state index in [4.69, 9.17) is 4.74 Å². The Hall–Kier alpha value is -1.47. The standard InChI is InChI=1S/C17H20N2O3S2/c1-4-22-17(21)14(10(3)20)24-16-13-11-6-5-9(2)7-12(11)23-15(13)18-8-19-16/h8-9,14H,4-7H2,1-3H3/t9-,14+/m0/s1. The van der Waals surface area contributed by atoms with Gasteiger partial charge in [0.05, 0.1) is 6.61 Å². The predicted octanol–water partition coefficient (Wildman–Crippen LogP) is 3.43. The molecule has 2 atom stereocenters. The van der Waals surface area contributed by atoms with Gasteiger partial charge in [0.25, 0.3) is 0 Å². The first-order valence-electron chi connectivity index (χ1n) is 8.10. The lowest BCUT2D eigenvalue weighted by Crippen LogP contribution is -2.27. The number of thioether (sulfide) groups is 1. The molecule has 128 valence electrons. The summed E-state index contributed by atoms with van der Waals surface area (Å²) < 4.78 is 5.04. The number of aromatic nitrogens is 2. The Kier molecular flexibility index (Phi) is 5.20. The molecule has 0 fully saturated rings. The Morgan fingerprint density at radius 2 is 2.25 bits per heavy atom. The molecule has 0 bridgehead atoms. The minimum Gasteiger partial charge on any atom is -0.465 e. The predicted molar refractivity (Wildman–Crippen MR) is 95.6 cm³/mol. The summed E-state index contributed by atoms with van der Waals surface area (Å²) in [6, 6.07) is 0. The van der Waals surface area contributed by atoms with Crippen molar-refractivity contribution < 1.29 is 14.3 Å². The summed E-state index contributed by atoms with van der Waals surface area (Å²) in [6.07, 6.45) is 4.72. The first kappa shape index (κ1) is 17.4. The Bertz CT molecular complexity index is 787. The fourth-order valence-electron chi connectivity index (χ4n) is 2.96. The summed E-state index contributed by atoms with van der Waals surface area (Å²) in [4.78, 5) is 35.1.